The van der Waals surface area contributed by atoms with Gasteiger partial charge in [-0.2, -0.15) is 0 Å². The van der Waals surface area contributed by atoms with E-state index < -0.39 is 0 Å². The normalized spacial score (nSPS) is 13.4. The summed E-state index contributed by atoms with van der Waals surface area (Å²) < 4.78 is 7.42. The molecule has 7 nitrogen and oxygen atoms in total. The molecule has 0 bridgehead atoms. The van der Waals surface area contributed by atoms with Gasteiger partial charge in [0.2, 0.25) is 11.8 Å². The second kappa shape index (κ2) is 7.46. The van der Waals surface area contributed by atoms with Gasteiger partial charge in [-0.05, 0) is 48.0 Å². The molecule has 1 aliphatic rings. The predicted molar refractivity (Wildman–Crippen MR) is 113 cm³/mol. The number of aromatic nitrogens is 2. The maximum Gasteiger partial charge on any atom is 0.230 e. The summed E-state index contributed by atoms with van der Waals surface area (Å²) in [5.74, 6) is 0.289. The molecule has 0 saturated heterocycles. The van der Waals surface area contributed by atoms with Crippen LogP contribution in [0.5, 0.6) is 0 Å². The van der Waals surface area contributed by atoms with Crippen LogP contribution in [0.3, 0.4) is 0 Å². The average Bonchev–Trinajstić information content (AvgIpc) is 3.44. The molecule has 5 rings (SSSR count). The van der Waals surface area contributed by atoms with E-state index in [1.54, 1.807) is 0 Å². The number of carbonyl (C=O) groups is 1. The zero-order valence-electron chi connectivity index (χ0n) is 15.9. The van der Waals surface area contributed by atoms with E-state index in [-0.39, 0.29) is 18.9 Å². The summed E-state index contributed by atoms with van der Waals surface area (Å²) in [5, 5.41) is 12.2. The Bertz CT molecular complexity index is 1260. The smallest absolute Gasteiger partial charge is 0.230 e. The van der Waals surface area contributed by atoms with E-state index in [4.69, 9.17) is 9.41 Å². The molecule has 0 spiro atoms. The Kier molecular flexibility index (Phi) is 4.49. The van der Waals surface area contributed by atoms with Gasteiger partial charge in [0, 0.05) is 23.6 Å². The molecule has 30 heavy (non-hydrogen) atoms. The van der Waals surface area contributed by atoms with Crippen LogP contribution in [0.1, 0.15) is 17.7 Å². The molecule has 3 heterocycles. The van der Waals surface area contributed by atoms with Gasteiger partial charge in [-0.25, -0.2) is 4.98 Å². The van der Waals surface area contributed by atoms with Gasteiger partial charge in [0.05, 0.1) is 30.1 Å². The van der Waals surface area contributed by atoms with Crippen LogP contribution in [0, 0.1) is 0 Å². The molecule has 4 aromatic rings. The molecular weight excluding hydrogens is 380 g/mol. The van der Waals surface area contributed by atoms with Gasteiger partial charge in [0.15, 0.2) is 0 Å². The lowest BCUT2D eigenvalue weighted by Crippen LogP contribution is -2.15. The van der Waals surface area contributed by atoms with E-state index in [1.165, 1.54) is 6.26 Å². The van der Waals surface area contributed by atoms with Crippen molar-refractivity contribution in [1.82, 2.24) is 9.55 Å². The fraction of sp³-hybridized carbons (Fsp3) is 0.0870. The minimum Gasteiger partial charge on any atom is -0.444 e. The molecule has 148 valence electrons. The van der Waals surface area contributed by atoms with Crippen LogP contribution in [0.2, 0.25) is 0 Å². The molecule has 0 fully saturated rings. The number of amides is 1. The standard InChI is InChI=1S/C23H18N4O3/c28-13-17-14-30-23(24-17)16-5-3-4-15(10-16)20-12-22(29)26-21-11-18(6-7-19(21)25-20)27-8-1-2-9-27/h1-11,14,28H,12-13H2,(H,26,29). The largest absolute Gasteiger partial charge is 0.444 e. The van der Waals surface area contributed by atoms with E-state index in [1.807, 2.05) is 71.6 Å². The maximum absolute atomic E-state index is 12.6. The number of aliphatic hydroxyl groups excluding tert-OH is 1. The molecule has 0 radical (unpaired) electrons. The first-order chi connectivity index (χ1) is 14.7. The number of carbonyl (C=O) groups excluding carboxylic acids is 1. The number of rotatable bonds is 4. The quantitative estimate of drug-likeness (QED) is 0.542. The van der Waals surface area contributed by atoms with Gasteiger partial charge in [-0.15, -0.1) is 0 Å². The van der Waals surface area contributed by atoms with Crippen molar-refractivity contribution in [2.75, 3.05) is 5.32 Å². The minimum absolute atomic E-state index is 0.124. The Morgan fingerprint density at radius 2 is 1.90 bits per heavy atom. The zero-order chi connectivity index (χ0) is 20.5. The van der Waals surface area contributed by atoms with Gasteiger partial charge in [-0.1, -0.05) is 12.1 Å². The highest BCUT2D eigenvalue weighted by Gasteiger charge is 2.19. The second-order valence-electron chi connectivity index (χ2n) is 6.96. The summed E-state index contributed by atoms with van der Waals surface area (Å²) in [6, 6.07) is 17.2. The fourth-order valence-corrected chi connectivity index (χ4v) is 3.43. The number of hydrogen-bond donors (Lipinski definition) is 2. The van der Waals surface area contributed by atoms with Gasteiger partial charge in [-0.3, -0.25) is 9.79 Å². The number of aliphatic imine (C=N–C) groups is 1. The Hall–Kier alpha value is -3.97. The van der Waals surface area contributed by atoms with Crippen LogP contribution in [-0.2, 0) is 11.4 Å². The first kappa shape index (κ1) is 18.1. The van der Waals surface area contributed by atoms with Gasteiger partial charge in [0.25, 0.3) is 0 Å². The van der Waals surface area contributed by atoms with Crippen molar-refractivity contribution in [3.05, 3.63) is 84.5 Å². The molecule has 1 amide bonds. The third kappa shape index (κ3) is 3.42. The summed E-state index contributed by atoms with van der Waals surface area (Å²) in [5.41, 5.74) is 5.03. The molecule has 0 aliphatic carbocycles. The van der Waals surface area contributed by atoms with Gasteiger partial charge < -0.3 is 19.4 Å². The van der Waals surface area contributed by atoms with Crippen LogP contribution in [0.15, 0.2) is 82.7 Å². The molecular formula is C23H18N4O3. The first-order valence-electron chi connectivity index (χ1n) is 9.50. The van der Waals surface area contributed by atoms with E-state index >= 15 is 0 Å². The predicted octanol–water partition coefficient (Wildman–Crippen LogP) is 4.09. The van der Waals surface area contributed by atoms with Crippen LogP contribution in [-0.4, -0.2) is 26.3 Å². The Labute approximate surface area is 172 Å². The first-order valence-corrected chi connectivity index (χ1v) is 9.50. The average molecular weight is 398 g/mol. The van der Waals surface area contributed by atoms with Crippen LogP contribution >= 0.6 is 0 Å². The lowest BCUT2D eigenvalue weighted by molar-refractivity contribution is -0.115. The fourth-order valence-electron chi connectivity index (χ4n) is 3.43. The van der Waals surface area contributed by atoms with Crippen LogP contribution in [0.4, 0.5) is 11.4 Å². The number of oxazole rings is 1. The maximum atomic E-state index is 12.6. The lowest BCUT2D eigenvalue weighted by Gasteiger charge is -2.08. The molecule has 0 saturated carbocycles. The molecule has 1 aliphatic heterocycles. The van der Waals surface area contributed by atoms with Crippen molar-refractivity contribution in [2.24, 2.45) is 4.99 Å². The van der Waals surface area contributed by atoms with Gasteiger partial charge >= 0.3 is 0 Å². The van der Waals surface area contributed by atoms with Crippen molar-refractivity contribution in [2.45, 2.75) is 13.0 Å². The van der Waals surface area contributed by atoms with E-state index in [0.29, 0.717) is 28.7 Å². The number of benzene rings is 2. The summed E-state index contributed by atoms with van der Waals surface area (Å²) in [4.78, 5) is 21.6. The van der Waals surface area contributed by atoms with Gasteiger partial charge in [0.1, 0.15) is 12.0 Å². The van der Waals surface area contributed by atoms with E-state index in [9.17, 15) is 9.90 Å². The third-order valence-electron chi connectivity index (χ3n) is 4.90. The number of aliphatic hydroxyl groups is 1. The highest BCUT2D eigenvalue weighted by atomic mass is 16.3. The topological polar surface area (TPSA) is 92.7 Å². The summed E-state index contributed by atoms with van der Waals surface area (Å²) in [6.07, 6.45) is 5.48. The molecule has 2 N–H and O–H groups in total. The summed E-state index contributed by atoms with van der Waals surface area (Å²) >= 11 is 0. The molecule has 7 heteroatoms. The van der Waals surface area contributed by atoms with Crippen molar-refractivity contribution >= 4 is 23.0 Å². The zero-order valence-corrected chi connectivity index (χ0v) is 15.9. The van der Waals surface area contributed by atoms with Crippen LogP contribution in [0.25, 0.3) is 17.1 Å². The highest BCUT2D eigenvalue weighted by Crippen LogP contribution is 2.32. The highest BCUT2D eigenvalue weighted by molar-refractivity contribution is 6.17. The number of nitrogens with zero attached hydrogens (tertiary/aromatic N) is 3. The summed E-state index contributed by atoms with van der Waals surface area (Å²) in [6.45, 7) is -0.183. The Balaban J connectivity index is 1.53. The third-order valence-corrected chi connectivity index (χ3v) is 4.90. The molecule has 2 aromatic heterocycles. The number of nitrogens with one attached hydrogen (secondary N) is 1. The van der Waals surface area contributed by atoms with Crippen molar-refractivity contribution < 1.29 is 14.3 Å². The Morgan fingerprint density at radius 3 is 2.70 bits per heavy atom. The van der Waals surface area contributed by atoms with Crippen molar-refractivity contribution in [3.63, 3.8) is 0 Å². The van der Waals surface area contributed by atoms with Crippen molar-refractivity contribution in [1.29, 1.82) is 0 Å². The number of hydrogen-bond acceptors (Lipinski definition) is 5. The number of anilines is 1. The van der Waals surface area contributed by atoms with Crippen LogP contribution < -0.4 is 5.32 Å². The summed E-state index contributed by atoms with van der Waals surface area (Å²) in [7, 11) is 0. The SMILES string of the molecule is O=C1CC(c2cccc(-c3nc(CO)co3)c2)=Nc2ccc(-n3cccc3)cc2N1. The van der Waals surface area contributed by atoms with Crippen molar-refractivity contribution in [3.8, 4) is 17.1 Å². The number of fused-ring (bicyclic) bond motifs is 1. The monoisotopic (exact) mass is 398 g/mol. The van der Waals surface area contributed by atoms with E-state index in [2.05, 4.69) is 10.3 Å². The Morgan fingerprint density at radius 1 is 1.07 bits per heavy atom. The van der Waals surface area contributed by atoms with E-state index in [0.717, 1.165) is 16.8 Å². The molecule has 2 aromatic carbocycles. The lowest BCUT2D eigenvalue weighted by atomic mass is 10.0. The second-order valence-corrected chi connectivity index (χ2v) is 6.96. The molecule has 0 atom stereocenters. The molecule has 0 unspecified atom stereocenters. The minimum atomic E-state index is -0.183.